The average molecular weight is 914 g/mol. The summed E-state index contributed by atoms with van der Waals surface area (Å²) in [5, 5.41) is 53.5. The summed E-state index contributed by atoms with van der Waals surface area (Å²) in [6.07, 6.45) is 56.7. The zero-order chi connectivity index (χ0) is 47.3. The van der Waals surface area contributed by atoms with Crippen molar-refractivity contribution in [1.82, 2.24) is 5.32 Å². The van der Waals surface area contributed by atoms with Crippen LogP contribution in [0.2, 0.25) is 0 Å². The lowest BCUT2D eigenvalue weighted by Gasteiger charge is -2.40. The third-order valence-electron chi connectivity index (χ3n) is 12.3. The summed E-state index contributed by atoms with van der Waals surface area (Å²) >= 11 is 0. The van der Waals surface area contributed by atoms with Gasteiger partial charge >= 0.3 is 0 Å². The van der Waals surface area contributed by atoms with Crippen LogP contribution in [-0.2, 0) is 14.3 Å². The molecule has 9 nitrogen and oxygen atoms in total. The highest BCUT2D eigenvalue weighted by Gasteiger charge is 2.44. The molecule has 0 aromatic rings. The lowest BCUT2D eigenvalue weighted by molar-refractivity contribution is -0.302. The van der Waals surface area contributed by atoms with E-state index in [1.54, 1.807) is 6.08 Å². The van der Waals surface area contributed by atoms with Crippen LogP contribution in [-0.4, -0.2) is 87.5 Å². The SMILES string of the molecule is CC/C=C\C/C=C\C/C=C\C/C=C\C/C=C\CCCCCCCCCCCCCCCCCCCCCCCCCC(=O)NC(COC1OC(CO)C(O)C(O)C1O)C(O)/C=C/CCC. The monoisotopic (exact) mass is 914 g/mol. The minimum Gasteiger partial charge on any atom is -0.394 e. The first-order valence-electron chi connectivity index (χ1n) is 26.7. The number of aliphatic hydroxyl groups excluding tert-OH is 5. The Kier molecular flexibility index (Phi) is 42.4. The molecule has 7 atom stereocenters. The Hall–Kier alpha value is -2.37. The zero-order valence-electron chi connectivity index (χ0n) is 41.5. The van der Waals surface area contributed by atoms with Crippen molar-refractivity contribution in [3.63, 3.8) is 0 Å². The smallest absolute Gasteiger partial charge is 0.220 e. The molecule has 65 heavy (non-hydrogen) atoms. The van der Waals surface area contributed by atoms with Crippen molar-refractivity contribution >= 4 is 5.91 Å². The molecule has 7 unspecified atom stereocenters. The van der Waals surface area contributed by atoms with Crippen molar-refractivity contribution < 1.29 is 39.8 Å². The molecule has 0 radical (unpaired) electrons. The Morgan fingerprint density at radius 1 is 0.538 bits per heavy atom. The van der Waals surface area contributed by atoms with E-state index in [0.717, 1.165) is 64.2 Å². The second-order valence-electron chi connectivity index (χ2n) is 18.3. The topological polar surface area (TPSA) is 149 Å². The first-order valence-corrected chi connectivity index (χ1v) is 26.7. The standard InChI is InChI=1S/C56H99NO8/c1-3-5-7-8-9-10-11-12-13-14-15-16-17-18-19-20-21-22-23-24-25-26-27-28-29-30-31-32-33-34-35-36-37-38-39-40-41-42-44-46-52(60)57-49(50(59)45-43-6-4-2)48-64-56-55(63)54(62)53(61)51(47-58)65-56/h5,7,9-10,12-13,15-16,18-19,43,45,49-51,53-56,58-59,61-63H,3-4,6,8,11,14,17,20-42,44,46-48H2,1-2H3,(H,57,60)/b7-5-,10-9-,13-12-,16-15-,19-18-,45-43+. The fourth-order valence-corrected chi connectivity index (χ4v) is 8.07. The van der Waals surface area contributed by atoms with Crippen molar-refractivity contribution in [2.24, 2.45) is 0 Å². The van der Waals surface area contributed by atoms with Gasteiger partial charge in [0.15, 0.2) is 6.29 Å². The Morgan fingerprint density at radius 2 is 0.954 bits per heavy atom. The number of amides is 1. The van der Waals surface area contributed by atoms with Gasteiger partial charge in [-0.25, -0.2) is 0 Å². The molecule has 0 bridgehead atoms. The van der Waals surface area contributed by atoms with E-state index in [2.05, 4.69) is 73.0 Å². The van der Waals surface area contributed by atoms with Crippen LogP contribution in [0.3, 0.4) is 0 Å². The predicted octanol–water partition coefficient (Wildman–Crippen LogP) is 12.5. The molecule has 1 saturated heterocycles. The number of rotatable bonds is 44. The first kappa shape index (κ1) is 60.6. The van der Waals surface area contributed by atoms with Crippen LogP contribution in [0.15, 0.2) is 72.9 Å². The molecule has 0 aromatic carbocycles. The minimum atomic E-state index is -1.56. The molecule has 1 aliphatic heterocycles. The highest BCUT2D eigenvalue weighted by atomic mass is 16.7. The molecule has 376 valence electrons. The van der Waals surface area contributed by atoms with Crippen molar-refractivity contribution in [1.29, 1.82) is 0 Å². The van der Waals surface area contributed by atoms with Crippen LogP contribution in [0.5, 0.6) is 0 Å². The van der Waals surface area contributed by atoms with Crippen LogP contribution in [0.25, 0.3) is 0 Å². The van der Waals surface area contributed by atoms with Gasteiger partial charge in [0, 0.05) is 6.42 Å². The van der Waals surface area contributed by atoms with Crippen molar-refractivity contribution in [3.8, 4) is 0 Å². The van der Waals surface area contributed by atoms with Gasteiger partial charge in [-0.15, -0.1) is 0 Å². The van der Waals surface area contributed by atoms with Crippen LogP contribution >= 0.6 is 0 Å². The Morgan fingerprint density at radius 3 is 1.38 bits per heavy atom. The number of hydrogen-bond donors (Lipinski definition) is 6. The third kappa shape index (κ3) is 35.4. The fraction of sp³-hybridized carbons (Fsp3) is 0.768. The maximum Gasteiger partial charge on any atom is 0.220 e. The number of carbonyl (C=O) groups is 1. The second-order valence-corrected chi connectivity index (χ2v) is 18.3. The van der Waals surface area contributed by atoms with Crippen LogP contribution < -0.4 is 5.32 Å². The van der Waals surface area contributed by atoms with E-state index in [-0.39, 0.29) is 12.5 Å². The highest BCUT2D eigenvalue weighted by molar-refractivity contribution is 5.76. The van der Waals surface area contributed by atoms with Gasteiger partial charge in [-0.2, -0.15) is 0 Å². The summed E-state index contributed by atoms with van der Waals surface area (Å²) in [4.78, 5) is 12.8. The number of hydrogen-bond acceptors (Lipinski definition) is 8. The van der Waals surface area contributed by atoms with E-state index in [1.165, 1.54) is 135 Å². The Balaban J connectivity index is 1.91. The summed E-state index contributed by atoms with van der Waals surface area (Å²) in [6, 6.07) is -0.800. The zero-order valence-corrected chi connectivity index (χ0v) is 41.5. The average Bonchev–Trinajstić information content (AvgIpc) is 3.30. The van der Waals surface area contributed by atoms with E-state index in [1.807, 2.05) is 13.0 Å². The molecule has 0 spiro atoms. The van der Waals surface area contributed by atoms with Crippen molar-refractivity contribution in [2.75, 3.05) is 13.2 Å². The van der Waals surface area contributed by atoms with Crippen molar-refractivity contribution in [2.45, 2.75) is 262 Å². The quantitative estimate of drug-likeness (QED) is 0.0261. The molecule has 0 aromatic heterocycles. The van der Waals surface area contributed by atoms with Gasteiger partial charge in [0.05, 0.1) is 25.4 Å². The molecule has 1 rings (SSSR count). The largest absolute Gasteiger partial charge is 0.394 e. The van der Waals surface area contributed by atoms with E-state index in [4.69, 9.17) is 9.47 Å². The molecule has 9 heteroatoms. The molecule has 1 aliphatic rings. The Labute approximate surface area is 398 Å². The van der Waals surface area contributed by atoms with Crippen LogP contribution in [0.1, 0.15) is 219 Å². The van der Waals surface area contributed by atoms with Gasteiger partial charge in [-0.1, -0.05) is 228 Å². The van der Waals surface area contributed by atoms with Gasteiger partial charge in [0.1, 0.15) is 24.4 Å². The molecular weight excluding hydrogens is 815 g/mol. The fourth-order valence-electron chi connectivity index (χ4n) is 8.07. The molecule has 0 saturated carbocycles. The first-order chi connectivity index (χ1) is 31.8. The van der Waals surface area contributed by atoms with E-state index in [0.29, 0.717) is 6.42 Å². The summed E-state index contributed by atoms with van der Waals surface area (Å²) < 4.78 is 11.1. The number of ether oxygens (including phenoxy) is 2. The van der Waals surface area contributed by atoms with Gasteiger partial charge in [-0.05, 0) is 57.8 Å². The maximum atomic E-state index is 12.8. The predicted molar refractivity (Wildman–Crippen MR) is 272 cm³/mol. The van der Waals surface area contributed by atoms with Crippen LogP contribution in [0.4, 0.5) is 0 Å². The number of carbonyl (C=O) groups excluding carboxylic acids is 1. The molecule has 1 fully saturated rings. The van der Waals surface area contributed by atoms with Gasteiger partial charge in [0.2, 0.25) is 5.91 Å². The lowest BCUT2D eigenvalue weighted by atomic mass is 9.99. The minimum absolute atomic E-state index is 0.188. The molecule has 6 N–H and O–H groups in total. The summed E-state index contributed by atoms with van der Waals surface area (Å²) in [5.41, 5.74) is 0. The van der Waals surface area contributed by atoms with E-state index in [9.17, 15) is 30.3 Å². The van der Waals surface area contributed by atoms with Gasteiger partial charge in [0.25, 0.3) is 0 Å². The summed E-state index contributed by atoms with van der Waals surface area (Å²) in [6.45, 7) is 3.44. The molecular formula is C56H99NO8. The number of aliphatic hydroxyl groups is 5. The number of nitrogens with one attached hydrogen (secondary N) is 1. The van der Waals surface area contributed by atoms with E-state index >= 15 is 0 Å². The number of allylic oxidation sites excluding steroid dienone is 11. The van der Waals surface area contributed by atoms with E-state index < -0.39 is 49.5 Å². The molecule has 1 amide bonds. The number of unbranched alkanes of at least 4 members (excludes halogenated alkanes) is 24. The van der Waals surface area contributed by atoms with Crippen molar-refractivity contribution in [3.05, 3.63) is 72.9 Å². The molecule has 1 heterocycles. The third-order valence-corrected chi connectivity index (χ3v) is 12.3. The lowest BCUT2D eigenvalue weighted by Crippen LogP contribution is -2.60. The normalized spacial score (nSPS) is 20.5. The maximum absolute atomic E-state index is 12.8. The molecule has 0 aliphatic carbocycles. The second kappa shape index (κ2) is 45.4. The summed E-state index contributed by atoms with van der Waals surface area (Å²) in [7, 11) is 0. The van der Waals surface area contributed by atoms with Gasteiger partial charge in [-0.3, -0.25) is 4.79 Å². The van der Waals surface area contributed by atoms with Crippen LogP contribution in [0, 0.1) is 0 Å². The Bertz CT molecular complexity index is 1240. The summed E-state index contributed by atoms with van der Waals surface area (Å²) in [5.74, 6) is -0.188. The van der Waals surface area contributed by atoms with Gasteiger partial charge < -0.3 is 40.3 Å². The highest BCUT2D eigenvalue weighted by Crippen LogP contribution is 2.23.